The van der Waals surface area contributed by atoms with Gasteiger partial charge in [-0.15, -0.1) is 0 Å². The summed E-state index contributed by atoms with van der Waals surface area (Å²) in [4.78, 5) is 0. The second-order valence-corrected chi connectivity index (χ2v) is 5.55. The summed E-state index contributed by atoms with van der Waals surface area (Å²) in [6, 6.07) is 0.835. The molecule has 2 rings (SSSR count). The minimum atomic E-state index is 0.835. The lowest BCUT2D eigenvalue weighted by Gasteiger charge is -2.36. The van der Waals surface area contributed by atoms with Crippen LogP contribution < -0.4 is 10.6 Å². The highest BCUT2D eigenvalue weighted by Gasteiger charge is 2.26. The molecule has 0 aromatic heterocycles. The van der Waals surface area contributed by atoms with Gasteiger partial charge in [-0.05, 0) is 56.7 Å². The Balaban J connectivity index is 1.60. The summed E-state index contributed by atoms with van der Waals surface area (Å²) >= 11 is 0. The molecular formula is C12H24N2. The lowest BCUT2D eigenvalue weighted by molar-refractivity contribution is 0.214. The van der Waals surface area contributed by atoms with Crippen molar-refractivity contribution in [2.75, 3.05) is 19.6 Å². The molecule has 0 amide bonds. The fourth-order valence-electron chi connectivity index (χ4n) is 2.83. The van der Waals surface area contributed by atoms with E-state index in [9.17, 15) is 0 Å². The highest BCUT2D eigenvalue weighted by molar-refractivity contribution is 4.84. The highest BCUT2D eigenvalue weighted by Crippen LogP contribution is 2.26. The van der Waals surface area contributed by atoms with Crippen LogP contribution in [0, 0.1) is 17.8 Å². The largest absolute Gasteiger partial charge is 0.316 e. The van der Waals surface area contributed by atoms with Crippen molar-refractivity contribution in [1.29, 1.82) is 0 Å². The first kappa shape index (κ1) is 10.4. The summed E-state index contributed by atoms with van der Waals surface area (Å²) in [6.45, 7) is 8.37. The van der Waals surface area contributed by atoms with Gasteiger partial charge in [0.25, 0.3) is 0 Å². The molecule has 1 saturated carbocycles. The molecule has 2 unspecified atom stereocenters. The molecule has 0 bridgehead atoms. The average Bonchev–Trinajstić information content (AvgIpc) is 2.11. The van der Waals surface area contributed by atoms with E-state index in [2.05, 4.69) is 24.5 Å². The minimum Gasteiger partial charge on any atom is -0.316 e. The van der Waals surface area contributed by atoms with Gasteiger partial charge in [-0.1, -0.05) is 13.8 Å². The maximum Gasteiger partial charge on any atom is 0.00722 e. The summed E-state index contributed by atoms with van der Waals surface area (Å²) in [5.74, 6) is 2.71. The summed E-state index contributed by atoms with van der Waals surface area (Å²) in [7, 11) is 0. The van der Waals surface area contributed by atoms with E-state index in [0.717, 1.165) is 23.8 Å². The normalized spacial score (nSPS) is 43.3. The van der Waals surface area contributed by atoms with Crippen molar-refractivity contribution < 1.29 is 0 Å². The zero-order valence-corrected chi connectivity index (χ0v) is 9.55. The van der Waals surface area contributed by atoms with E-state index in [1.54, 1.807) is 0 Å². The fourth-order valence-corrected chi connectivity index (χ4v) is 2.83. The number of piperidine rings is 1. The van der Waals surface area contributed by atoms with Gasteiger partial charge >= 0.3 is 0 Å². The summed E-state index contributed by atoms with van der Waals surface area (Å²) < 4.78 is 0. The van der Waals surface area contributed by atoms with Gasteiger partial charge in [0.15, 0.2) is 0 Å². The second kappa shape index (κ2) is 4.63. The molecule has 2 aliphatic rings. The van der Waals surface area contributed by atoms with E-state index in [-0.39, 0.29) is 0 Å². The third kappa shape index (κ3) is 2.71. The van der Waals surface area contributed by atoms with E-state index in [1.807, 2.05) is 0 Å². The molecule has 0 radical (unpaired) electrons. The van der Waals surface area contributed by atoms with Crippen LogP contribution in [0.25, 0.3) is 0 Å². The van der Waals surface area contributed by atoms with Gasteiger partial charge in [0.05, 0.1) is 0 Å². The zero-order chi connectivity index (χ0) is 9.97. The van der Waals surface area contributed by atoms with Crippen molar-refractivity contribution in [1.82, 2.24) is 10.6 Å². The first-order chi connectivity index (χ1) is 6.74. The van der Waals surface area contributed by atoms with Crippen LogP contribution in [0.5, 0.6) is 0 Å². The van der Waals surface area contributed by atoms with Gasteiger partial charge in [0, 0.05) is 6.04 Å². The number of rotatable bonds is 3. The predicted molar refractivity (Wildman–Crippen MR) is 60.3 cm³/mol. The Morgan fingerprint density at radius 1 is 1.07 bits per heavy atom. The average molecular weight is 196 g/mol. The number of nitrogens with one attached hydrogen (secondary N) is 2. The fraction of sp³-hybridized carbons (Fsp3) is 1.00. The van der Waals surface area contributed by atoms with Crippen molar-refractivity contribution in [2.24, 2.45) is 17.8 Å². The predicted octanol–water partition coefficient (Wildman–Crippen LogP) is 1.62. The van der Waals surface area contributed by atoms with E-state index < -0.39 is 0 Å². The first-order valence-corrected chi connectivity index (χ1v) is 6.18. The summed E-state index contributed by atoms with van der Waals surface area (Å²) in [5.41, 5.74) is 0. The van der Waals surface area contributed by atoms with Gasteiger partial charge in [0.2, 0.25) is 0 Å². The maximum atomic E-state index is 3.70. The van der Waals surface area contributed by atoms with Gasteiger partial charge < -0.3 is 10.6 Å². The molecule has 1 heterocycles. The second-order valence-electron chi connectivity index (χ2n) is 5.55. The zero-order valence-electron chi connectivity index (χ0n) is 9.55. The van der Waals surface area contributed by atoms with Crippen LogP contribution in [0.15, 0.2) is 0 Å². The lowest BCUT2D eigenvalue weighted by Crippen LogP contribution is -2.46. The van der Waals surface area contributed by atoms with Crippen molar-refractivity contribution in [3.63, 3.8) is 0 Å². The molecule has 0 aromatic rings. The molecule has 2 atom stereocenters. The summed E-state index contributed by atoms with van der Waals surface area (Å²) in [6.07, 6.45) is 4.20. The van der Waals surface area contributed by atoms with Gasteiger partial charge in [-0.3, -0.25) is 0 Å². The van der Waals surface area contributed by atoms with Crippen LogP contribution in [-0.4, -0.2) is 25.7 Å². The maximum absolute atomic E-state index is 3.70. The van der Waals surface area contributed by atoms with Gasteiger partial charge in [-0.2, -0.15) is 0 Å². The van der Waals surface area contributed by atoms with Crippen LogP contribution in [-0.2, 0) is 0 Å². The first-order valence-electron chi connectivity index (χ1n) is 6.18. The summed E-state index contributed by atoms with van der Waals surface area (Å²) in [5, 5.41) is 7.21. The molecular weight excluding hydrogens is 172 g/mol. The van der Waals surface area contributed by atoms with Gasteiger partial charge in [-0.25, -0.2) is 0 Å². The third-order valence-electron chi connectivity index (χ3n) is 3.73. The van der Waals surface area contributed by atoms with E-state index in [0.29, 0.717) is 0 Å². The van der Waals surface area contributed by atoms with E-state index in [1.165, 1.54) is 38.9 Å². The van der Waals surface area contributed by atoms with Crippen LogP contribution in [0.2, 0.25) is 0 Å². The van der Waals surface area contributed by atoms with E-state index in [4.69, 9.17) is 0 Å². The minimum absolute atomic E-state index is 0.835. The number of hydrogen-bond acceptors (Lipinski definition) is 2. The Labute approximate surface area is 87.8 Å². The quantitative estimate of drug-likeness (QED) is 0.717. The monoisotopic (exact) mass is 196 g/mol. The van der Waals surface area contributed by atoms with Crippen molar-refractivity contribution in [3.8, 4) is 0 Å². The van der Waals surface area contributed by atoms with Crippen LogP contribution >= 0.6 is 0 Å². The Kier molecular flexibility index (Phi) is 3.45. The van der Waals surface area contributed by atoms with Crippen molar-refractivity contribution in [2.45, 2.75) is 39.2 Å². The molecule has 1 aliphatic heterocycles. The van der Waals surface area contributed by atoms with Crippen molar-refractivity contribution >= 4 is 0 Å². The third-order valence-corrected chi connectivity index (χ3v) is 3.73. The van der Waals surface area contributed by atoms with Crippen molar-refractivity contribution in [3.05, 3.63) is 0 Å². The van der Waals surface area contributed by atoms with Crippen LogP contribution in [0.3, 0.4) is 0 Å². The molecule has 1 aliphatic carbocycles. The topological polar surface area (TPSA) is 24.1 Å². The molecule has 2 nitrogen and oxygen atoms in total. The molecule has 0 spiro atoms. The molecule has 82 valence electrons. The van der Waals surface area contributed by atoms with E-state index >= 15 is 0 Å². The smallest absolute Gasteiger partial charge is 0.00722 e. The molecule has 2 heteroatoms. The molecule has 1 saturated heterocycles. The highest BCUT2D eigenvalue weighted by atomic mass is 15.0. The molecule has 0 aromatic carbocycles. The Bertz CT molecular complexity index is 175. The van der Waals surface area contributed by atoms with Gasteiger partial charge in [0.1, 0.15) is 0 Å². The Hall–Kier alpha value is -0.0800. The molecule has 2 fully saturated rings. The number of hydrogen-bond donors (Lipinski definition) is 2. The Morgan fingerprint density at radius 3 is 2.50 bits per heavy atom. The SMILES string of the molecule is CC1CNCC(CNC2CC(C)C2)C1. The van der Waals surface area contributed by atoms with Crippen LogP contribution in [0.4, 0.5) is 0 Å². The lowest BCUT2D eigenvalue weighted by atomic mass is 9.81. The van der Waals surface area contributed by atoms with Crippen LogP contribution in [0.1, 0.15) is 33.1 Å². The molecule has 2 N–H and O–H groups in total. The standard InChI is InChI=1S/C12H24N2/c1-9-4-12(5-9)14-8-11-3-10(2)6-13-7-11/h9-14H,3-8H2,1-2H3. The molecule has 14 heavy (non-hydrogen) atoms. The Morgan fingerprint density at radius 2 is 1.86 bits per heavy atom.